The molecule has 1 fully saturated rings. The van der Waals surface area contributed by atoms with E-state index in [2.05, 4.69) is 41.1 Å². The standard InChI is InChI=1S/C14H23IN2/c1-3-12-14(15)13(4-2)17(16-12)10-11-8-6-5-7-9-11/h11H,3-10H2,1-2H3. The minimum Gasteiger partial charge on any atom is -0.268 e. The highest BCUT2D eigenvalue weighted by molar-refractivity contribution is 14.1. The van der Waals surface area contributed by atoms with Gasteiger partial charge in [0.2, 0.25) is 0 Å². The Balaban J connectivity index is 2.13. The second-order valence-electron chi connectivity index (χ2n) is 5.10. The lowest BCUT2D eigenvalue weighted by molar-refractivity contribution is 0.304. The molecule has 96 valence electrons. The summed E-state index contributed by atoms with van der Waals surface area (Å²) in [7, 11) is 0. The highest BCUT2D eigenvalue weighted by Crippen LogP contribution is 2.27. The Kier molecular flexibility index (Phi) is 4.88. The van der Waals surface area contributed by atoms with E-state index in [0.29, 0.717) is 0 Å². The molecule has 0 spiro atoms. The molecule has 3 heteroatoms. The largest absolute Gasteiger partial charge is 0.268 e. The molecule has 0 radical (unpaired) electrons. The summed E-state index contributed by atoms with van der Waals surface area (Å²) in [6, 6.07) is 0. The van der Waals surface area contributed by atoms with Crippen LogP contribution in [0.15, 0.2) is 0 Å². The van der Waals surface area contributed by atoms with Crippen molar-refractivity contribution in [2.24, 2.45) is 5.92 Å². The van der Waals surface area contributed by atoms with E-state index in [-0.39, 0.29) is 0 Å². The van der Waals surface area contributed by atoms with Crippen molar-refractivity contribution in [1.29, 1.82) is 0 Å². The lowest BCUT2D eigenvalue weighted by atomic mass is 9.89. The van der Waals surface area contributed by atoms with E-state index in [9.17, 15) is 0 Å². The van der Waals surface area contributed by atoms with E-state index >= 15 is 0 Å². The maximum absolute atomic E-state index is 4.80. The maximum atomic E-state index is 4.80. The lowest BCUT2D eigenvalue weighted by Crippen LogP contribution is -2.16. The Morgan fingerprint density at radius 3 is 2.47 bits per heavy atom. The van der Waals surface area contributed by atoms with E-state index in [0.717, 1.165) is 25.3 Å². The van der Waals surface area contributed by atoms with Gasteiger partial charge in [0.25, 0.3) is 0 Å². The monoisotopic (exact) mass is 346 g/mol. The van der Waals surface area contributed by atoms with Crippen LogP contribution in [0.1, 0.15) is 57.3 Å². The van der Waals surface area contributed by atoms with Gasteiger partial charge in [0.05, 0.1) is 15.0 Å². The fourth-order valence-electron chi connectivity index (χ4n) is 2.86. The fraction of sp³-hybridized carbons (Fsp3) is 0.786. The average Bonchev–Trinajstić information content (AvgIpc) is 2.66. The third-order valence-electron chi connectivity index (χ3n) is 3.89. The SMILES string of the molecule is CCc1nn(CC2CCCCC2)c(CC)c1I. The third kappa shape index (κ3) is 3.04. The molecule has 0 unspecified atom stereocenters. The number of aryl methyl sites for hydroxylation is 1. The highest BCUT2D eigenvalue weighted by atomic mass is 127. The van der Waals surface area contributed by atoms with Crippen LogP contribution in [0.2, 0.25) is 0 Å². The van der Waals surface area contributed by atoms with Gasteiger partial charge in [-0.25, -0.2) is 0 Å². The van der Waals surface area contributed by atoms with Crippen LogP contribution in [-0.4, -0.2) is 9.78 Å². The summed E-state index contributed by atoms with van der Waals surface area (Å²) in [6.07, 6.45) is 9.26. The topological polar surface area (TPSA) is 17.8 Å². The Bertz CT molecular complexity index is 365. The first-order chi connectivity index (χ1) is 8.26. The van der Waals surface area contributed by atoms with E-state index < -0.39 is 0 Å². The molecule has 1 aliphatic rings. The van der Waals surface area contributed by atoms with Crippen LogP contribution >= 0.6 is 22.6 Å². The van der Waals surface area contributed by atoms with Crippen molar-refractivity contribution in [3.05, 3.63) is 15.0 Å². The molecule has 17 heavy (non-hydrogen) atoms. The maximum Gasteiger partial charge on any atom is 0.0758 e. The summed E-state index contributed by atoms with van der Waals surface area (Å²) in [5, 5.41) is 4.80. The van der Waals surface area contributed by atoms with Crippen molar-refractivity contribution in [3.8, 4) is 0 Å². The third-order valence-corrected chi connectivity index (χ3v) is 5.13. The second-order valence-corrected chi connectivity index (χ2v) is 6.18. The smallest absolute Gasteiger partial charge is 0.0758 e. The number of rotatable bonds is 4. The van der Waals surface area contributed by atoms with E-state index in [1.165, 1.54) is 47.1 Å². The zero-order valence-electron chi connectivity index (χ0n) is 11.0. The van der Waals surface area contributed by atoms with Crippen molar-refractivity contribution in [1.82, 2.24) is 9.78 Å². The number of hydrogen-bond acceptors (Lipinski definition) is 1. The summed E-state index contributed by atoms with van der Waals surface area (Å²) >= 11 is 2.47. The molecule has 0 aliphatic heterocycles. The molecule has 1 aromatic heterocycles. The van der Waals surface area contributed by atoms with Crippen molar-refractivity contribution in [2.45, 2.75) is 65.3 Å². The molecule has 1 saturated carbocycles. The van der Waals surface area contributed by atoms with Gasteiger partial charge in [-0.15, -0.1) is 0 Å². The Morgan fingerprint density at radius 2 is 1.88 bits per heavy atom. The summed E-state index contributed by atoms with van der Waals surface area (Å²) in [6.45, 7) is 5.60. The second kappa shape index (κ2) is 6.21. The van der Waals surface area contributed by atoms with Gasteiger partial charge in [0.1, 0.15) is 0 Å². The molecular weight excluding hydrogens is 323 g/mol. The molecule has 0 amide bonds. The normalized spacial score (nSPS) is 17.6. The molecule has 0 aromatic carbocycles. The molecule has 0 N–H and O–H groups in total. The molecule has 1 aliphatic carbocycles. The van der Waals surface area contributed by atoms with Gasteiger partial charge in [0.15, 0.2) is 0 Å². The molecule has 0 bridgehead atoms. The van der Waals surface area contributed by atoms with Gasteiger partial charge in [0, 0.05) is 6.54 Å². The minimum absolute atomic E-state index is 0.870. The van der Waals surface area contributed by atoms with Crippen LogP contribution in [0.25, 0.3) is 0 Å². The van der Waals surface area contributed by atoms with Crippen LogP contribution in [0.3, 0.4) is 0 Å². The Morgan fingerprint density at radius 1 is 1.18 bits per heavy atom. The summed E-state index contributed by atoms with van der Waals surface area (Å²) in [5.41, 5.74) is 2.74. The number of halogens is 1. The molecule has 2 nitrogen and oxygen atoms in total. The zero-order chi connectivity index (χ0) is 12.3. The molecule has 1 aromatic rings. The first kappa shape index (κ1) is 13.4. The molecule has 2 rings (SSSR count). The van der Waals surface area contributed by atoms with Gasteiger partial charge in [-0.3, -0.25) is 4.68 Å². The van der Waals surface area contributed by atoms with E-state index in [1.54, 1.807) is 0 Å². The van der Waals surface area contributed by atoms with Gasteiger partial charge in [-0.05, 0) is 54.2 Å². The highest BCUT2D eigenvalue weighted by Gasteiger charge is 2.18. The fourth-order valence-corrected chi connectivity index (χ4v) is 4.01. The molecular formula is C14H23IN2. The molecule has 1 heterocycles. The van der Waals surface area contributed by atoms with Crippen LogP contribution < -0.4 is 0 Å². The predicted molar refractivity (Wildman–Crippen MR) is 80.3 cm³/mol. The van der Waals surface area contributed by atoms with Crippen LogP contribution in [0, 0.1) is 9.49 Å². The van der Waals surface area contributed by atoms with Crippen molar-refractivity contribution >= 4 is 22.6 Å². The first-order valence-electron chi connectivity index (χ1n) is 7.00. The van der Waals surface area contributed by atoms with Gasteiger partial charge in [-0.1, -0.05) is 33.1 Å². The number of aromatic nitrogens is 2. The molecule has 0 saturated heterocycles. The minimum atomic E-state index is 0.870. The summed E-state index contributed by atoms with van der Waals surface area (Å²) in [5.74, 6) is 0.870. The van der Waals surface area contributed by atoms with Gasteiger partial charge in [-0.2, -0.15) is 5.10 Å². The molecule has 0 atom stereocenters. The first-order valence-corrected chi connectivity index (χ1v) is 8.08. The van der Waals surface area contributed by atoms with Crippen molar-refractivity contribution in [3.63, 3.8) is 0 Å². The van der Waals surface area contributed by atoms with E-state index in [1.807, 2.05) is 0 Å². The Hall–Kier alpha value is -0.0600. The number of nitrogens with zero attached hydrogens (tertiary/aromatic N) is 2. The lowest BCUT2D eigenvalue weighted by Gasteiger charge is -2.22. The van der Waals surface area contributed by atoms with E-state index in [4.69, 9.17) is 5.10 Å². The predicted octanol–water partition coefficient (Wildman–Crippen LogP) is 4.19. The zero-order valence-corrected chi connectivity index (χ0v) is 13.2. The van der Waals surface area contributed by atoms with Gasteiger partial charge >= 0.3 is 0 Å². The van der Waals surface area contributed by atoms with Crippen molar-refractivity contribution < 1.29 is 0 Å². The Labute approximate surface area is 118 Å². The van der Waals surface area contributed by atoms with Crippen LogP contribution in [0.4, 0.5) is 0 Å². The van der Waals surface area contributed by atoms with Gasteiger partial charge < -0.3 is 0 Å². The average molecular weight is 346 g/mol. The summed E-state index contributed by atoms with van der Waals surface area (Å²) < 4.78 is 3.71. The number of hydrogen-bond donors (Lipinski definition) is 0. The quantitative estimate of drug-likeness (QED) is 0.748. The van der Waals surface area contributed by atoms with Crippen LogP contribution in [-0.2, 0) is 19.4 Å². The summed E-state index contributed by atoms with van der Waals surface area (Å²) in [4.78, 5) is 0. The van der Waals surface area contributed by atoms with Crippen molar-refractivity contribution in [2.75, 3.05) is 0 Å². The van der Waals surface area contributed by atoms with Crippen LogP contribution in [0.5, 0.6) is 0 Å².